The molecule has 0 saturated heterocycles. The second-order valence-corrected chi connectivity index (χ2v) is 8.59. The van der Waals surface area contributed by atoms with Crippen molar-refractivity contribution in [3.8, 4) is 0 Å². The molecule has 0 aliphatic heterocycles. The van der Waals surface area contributed by atoms with Crippen LogP contribution in [-0.2, 0) is 5.75 Å². The van der Waals surface area contributed by atoms with Gasteiger partial charge in [0.05, 0.1) is 5.56 Å². The van der Waals surface area contributed by atoms with Gasteiger partial charge in [0, 0.05) is 40.7 Å². The molecule has 0 aliphatic carbocycles. The number of benzene rings is 1. The number of hydrogen-bond donors (Lipinski definition) is 1. The Labute approximate surface area is 159 Å². The molecule has 2 rings (SSSR count). The average Bonchev–Trinajstić information content (AvgIpc) is 3.09. The standard InChI is InChI=1S/C20H28N2OS2/c1-15(2)22(16(3)4)12-11-21-20(23)18-9-5-6-10-19(18)25-14-17-8-7-13-24-17/h5-10,13,15-16H,11-12,14H2,1-4H3,(H,21,23). The third-order valence-corrected chi connectivity index (χ3v) is 6.25. The van der Waals surface area contributed by atoms with Crippen LogP contribution in [0.2, 0.25) is 0 Å². The summed E-state index contributed by atoms with van der Waals surface area (Å²) >= 11 is 3.47. The Morgan fingerprint density at radius 3 is 2.48 bits per heavy atom. The lowest BCUT2D eigenvalue weighted by molar-refractivity contribution is 0.0936. The molecule has 3 nitrogen and oxygen atoms in total. The molecule has 0 bridgehead atoms. The SMILES string of the molecule is CC(C)N(CCNC(=O)c1ccccc1SCc1cccs1)C(C)C. The lowest BCUT2D eigenvalue weighted by Crippen LogP contribution is -2.42. The third-order valence-electron chi connectivity index (χ3n) is 4.06. The van der Waals surface area contributed by atoms with Crippen molar-refractivity contribution in [1.82, 2.24) is 10.2 Å². The van der Waals surface area contributed by atoms with E-state index < -0.39 is 0 Å². The first kappa shape index (κ1) is 20.0. The van der Waals surface area contributed by atoms with Crippen LogP contribution >= 0.6 is 23.1 Å². The number of nitrogens with zero attached hydrogens (tertiary/aromatic N) is 1. The monoisotopic (exact) mass is 376 g/mol. The van der Waals surface area contributed by atoms with E-state index in [2.05, 4.69) is 55.4 Å². The van der Waals surface area contributed by atoms with Crippen molar-refractivity contribution in [2.75, 3.05) is 13.1 Å². The third kappa shape index (κ3) is 6.17. The largest absolute Gasteiger partial charge is 0.351 e. The van der Waals surface area contributed by atoms with E-state index in [9.17, 15) is 4.79 Å². The van der Waals surface area contributed by atoms with Crippen LogP contribution < -0.4 is 5.32 Å². The van der Waals surface area contributed by atoms with Gasteiger partial charge in [-0.3, -0.25) is 9.69 Å². The van der Waals surface area contributed by atoms with Crippen LogP contribution in [0.25, 0.3) is 0 Å². The van der Waals surface area contributed by atoms with E-state index in [0.717, 1.165) is 22.8 Å². The highest BCUT2D eigenvalue weighted by atomic mass is 32.2. The Hall–Kier alpha value is -1.30. The Balaban J connectivity index is 1.92. The molecule has 0 radical (unpaired) electrons. The summed E-state index contributed by atoms with van der Waals surface area (Å²) in [5.74, 6) is 0.915. The van der Waals surface area contributed by atoms with Gasteiger partial charge in [-0.2, -0.15) is 0 Å². The Kier molecular flexibility index (Phi) is 8.00. The second kappa shape index (κ2) is 10.00. The van der Waals surface area contributed by atoms with Crippen molar-refractivity contribution >= 4 is 29.0 Å². The van der Waals surface area contributed by atoms with E-state index in [0.29, 0.717) is 18.6 Å². The van der Waals surface area contributed by atoms with E-state index in [1.807, 2.05) is 24.3 Å². The van der Waals surface area contributed by atoms with Crippen LogP contribution in [0.4, 0.5) is 0 Å². The highest BCUT2D eigenvalue weighted by Crippen LogP contribution is 2.27. The maximum Gasteiger partial charge on any atom is 0.252 e. The quantitative estimate of drug-likeness (QED) is 0.633. The minimum absolute atomic E-state index is 0.0155. The van der Waals surface area contributed by atoms with Gasteiger partial charge in [-0.05, 0) is 51.3 Å². The minimum Gasteiger partial charge on any atom is -0.351 e. The number of rotatable bonds is 9. The number of amides is 1. The molecular formula is C20H28N2OS2. The topological polar surface area (TPSA) is 32.3 Å². The van der Waals surface area contributed by atoms with Crippen molar-refractivity contribution in [2.45, 2.75) is 50.4 Å². The number of hydrogen-bond acceptors (Lipinski definition) is 4. The summed E-state index contributed by atoms with van der Waals surface area (Å²) in [6, 6.07) is 13.0. The van der Waals surface area contributed by atoms with Crippen LogP contribution in [-0.4, -0.2) is 36.0 Å². The molecule has 1 heterocycles. The minimum atomic E-state index is 0.0155. The molecule has 25 heavy (non-hydrogen) atoms. The fraction of sp³-hybridized carbons (Fsp3) is 0.450. The summed E-state index contributed by atoms with van der Waals surface area (Å²) in [5, 5.41) is 5.17. The summed E-state index contributed by atoms with van der Waals surface area (Å²) in [6.45, 7) is 10.3. The first-order valence-electron chi connectivity index (χ1n) is 8.77. The number of nitrogens with one attached hydrogen (secondary N) is 1. The van der Waals surface area contributed by atoms with Gasteiger partial charge >= 0.3 is 0 Å². The van der Waals surface area contributed by atoms with Crippen LogP contribution in [0, 0.1) is 0 Å². The Morgan fingerprint density at radius 1 is 1.12 bits per heavy atom. The molecule has 5 heteroatoms. The first-order chi connectivity index (χ1) is 12.0. The van der Waals surface area contributed by atoms with Gasteiger partial charge in [0.25, 0.3) is 5.91 Å². The Morgan fingerprint density at radius 2 is 1.84 bits per heavy atom. The summed E-state index contributed by atoms with van der Waals surface area (Å²) in [6.07, 6.45) is 0. The van der Waals surface area contributed by atoms with Crippen LogP contribution in [0.1, 0.15) is 42.9 Å². The lowest BCUT2D eigenvalue weighted by Gasteiger charge is -2.30. The molecule has 0 unspecified atom stereocenters. The predicted octanol–water partition coefficient (Wildman–Crippen LogP) is 4.89. The van der Waals surface area contributed by atoms with Crippen molar-refractivity contribution in [3.63, 3.8) is 0 Å². The van der Waals surface area contributed by atoms with E-state index in [1.54, 1.807) is 23.1 Å². The maximum atomic E-state index is 12.6. The number of carbonyl (C=O) groups is 1. The summed E-state index contributed by atoms with van der Waals surface area (Å²) in [4.78, 5) is 17.4. The highest BCUT2D eigenvalue weighted by Gasteiger charge is 2.15. The van der Waals surface area contributed by atoms with Crippen molar-refractivity contribution < 1.29 is 4.79 Å². The maximum absolute atomic E-state index is 12.6. The normalized spacial score (nSPS) is 11.5. The van der Waals surface area contributed by atoms with Gasteiger partial charge in [-0.1, -0.05) is 18.2 Å². The highest BCUT2D eigenvalue weighted by molar-refractivity contribution is 7.98. The van der Waals surface area contributed by atoms with E-state index in [-0.39, 0.29) is 5.91 Å². The van der Waals surface area contributed by atoms with Gasteiger partial charge in [0.2, 0.25) is 0 Å². The van der Waals surface area contributed by atoms with E-state index >= 15 is 0 Å². The Bertz CT molecular complexity index is 645. The van der Waals surface area contributed by atoms with Crippen molar-refractivity contribution in [1.29, 1.82) is 0 Å². The molecule has 0 atom stereocenters. The zero-order valence-electron chi connectivity index (χ0n) is 15.5. The van der Waals surface area contributed by atoms with Crippen molar-refractivity contribution in [2.24, 2.45) is 0 Å². The number of carbonyl (C=O) groups excluding carboxylic acids is 1. The van der Waals surface area contributed by atoms with Crippen LogP contribution in [0.5, 0.6) is 0 Å². The molecular weight excluding hydrogens is 348 g/mol. The molecule has 136 valence electrons. The molecule has 0 saturated carbocycles. The van der Waals surface area contributed by atoms with Crippen molar-refractivity contribution in [3.05, 3.63) is 52.2 Å². The molecule has 1 amide bonds. The van der Waals surface area contributed by atoms with Gasteiger partial charge < -0.3 is 5.32 Å². The predicted molar refractivity (Wildman–Crippen MR) is 110 cm³/mol. The zero-order valence-corrected chi connectivity index (χ0v) is 17.1. The van der Waals surface area contributed by atoms with Gasteiger partial charge in [0.1, 0.15) is 0 Å². The molecule has 2 aromatic rings. The van der Waals surface area contributed by atoms with Crippen LogP contribution in [0.3, 0.4) is 0 Å². The smallest absolute Gasteiger partial charge is 0.252 e. The van der Waals surface area contributed by atoms with Gasteiger partial charge in [-0.15, -0.1) is 23.1 Å². The summed E-state index contributed by atoms with van der Waals surface area (Å²) < 4.78 is 0. The average molecular weight is 377 g/mol. The summed E-state index contributed by atoms with van der Waals surface area (Å²) in [5.41, 5.74) is 0.768. The molecule has 0 aliphatic rings. The fourth-order valence-corrected chi connectivity index (χ4v) is 4.65. The summed E-state index contributed by atoms with van der Waals surface area (Å²) in [7, 11) is 0. The van der Waals surface area contributed by atoms with Crippen LogP contribution in [0.15, 0.2) is 46.7 Å². The van der Waals surface area contributed by atoms with Gasteiger partial charge in [-0.25, -0.2) is 0 Å². The molecule has 1 N–H and O–H groups in total. The second-order valence-electron chi connectivity index (χ2n) is 6.55. The first-order valence-corrected chi connectivity index (χ1v) is 10.6. The van der Waals surface area contributed by atoms with E-state index in [1.165, 1.54) is 4.88 Å². The lowest BCUT2D eigenvalue weighted by atomic mass is 10.2. The number of thiophene rings is 1. The number of thioether (sulfide) groups is 1. The van der Waals surface area contributed by atoms with E-state index in [4.69, 9.17) is 0 Å². The zero-order chi connectivity index (χ0) is 18.2. The molecule has 0 fully saturated rings. The van der Waals surface area contributed by atoms with Gasteiger partial charge in [0.15, 0.2) is 0 Å². The molecule has 1 aromatic heterocycles. The fourth-order valence-electron chi connectivity index (χ4n) is 2.83. The molecule has 1 aromatic carbocycles. The molecule has 0 spiro atoms.